The third kappa shape index (κ3) is 2.45. The fourth-order valence-electron chi connectivity index (χ4n) is 2.44. The number of rotatable bonds is 3. The van der Waals surface area contributed by atoms with E-state index in [0.29, 0.717) is 10.4 Å². The van der Waals surface area contributed by atoms with E-state index >= 15 is 0 Å². The minimum Gasteiger partial charge on any atom is -0.397 e. The molecular formula is C13H19N3O2S. The third-order valence-electron chi connectivity index (χ3n) is 3.46. The lowest BCUT2D eigenvalue weighted by molar-refractivity contribution is 0.100. The van der Waals surface area contributed by atoms with E-state index in [1.165, 1.54) is 18.3 Å². The van der Waals surface area contributed by atoms with E-state index in [4.69, 9.17) is 11.5 Å². The predicted octanol–water partition coefficient (Wildman–Crippen LogP) is 1.87. The number of hydrogen-bond acceptors (Lipinski definition) is 5. The van der Waals surface area contributed by atoms with Crippen LogP contribution in [0.4, 0.5) is 10.7 Å². The molecule has 5 nitrogen and oxygen atoms in total. The summed E-state index contributed by atoms with van der Waals surface area (Å²) in [6.45, 7) is 7.50. The Morgan fingerprint density at radius 1 is 1.37 bits per heavy atom. The second-order valence-corrected chi connectivity index (χ2v) is 6.78. The van der Waals surface area contributed by atoms with Gasteiger partial charge in [-0.05, 0) is 11.8 Å². The fourth-order valence-corrected chi connectivity index (χ4v) is 3.59. The molecule has 1 aromatic heterocycles. The minimum absolute atomic E-state index is 0.130. The van der Waals surface area contributed by atoms with Gasteiger partial charge < -0.3 is 16.4 Å². The van der Waals surface area contributed by atoms with Crippen LogP contribution in [-0.2, 0) is 0 Å². The molecule has 0 atom stereocenters. The Balaban J connectivity index is 2.48. The summed E-state index contributed by atoms with van der Waals surface area (Å²) in [5.74, 6) is -0.698. The summed E-state index contributed by atoms with van der Waals surface area (Å²) in [5.41, 5.74) is 12.0. The van der Waals surface area contributed by atoms with Crippen molar-refractivity contribution in [1.82, 2.24) is 0 Å². The summed E-state index contributed by atoms with van der Waals surface area (Å²) in [6, 6.07) is 0. The van der Waals surface area contributed by atoms with Crippen molar-refractivity contribution in [2.45, 2.75) is 27.2 Å². The Bertz CT molecular complexity index is 548. The highest BCUT2D eigenvalue weighted by molar-refractivity contribution is 7.19. The molecule has 1 fully saturated rings. The van der Waals surface area contributed by atoms with E-state index < -0.39 is 5.91 Å². The summed E-state index contributed by atoms with van der Waals surface area (Å²) < 4.78 is 0. The van der Waals surface area contributed by atoms with Gasteiger partial charge in [0, 0.05) is 20.0 Å². The van der Waals surface area contributed by atoms with Crippen LogP contribution in [0.25, 0.3) is 0 Å². The number of nitrogen functional groups attached to an aromatic ring is 1. The lowest BCUT2D eigenvalue weighted by Crippen LogP contribution is -2.25. The van der Waals surface area contributed by atoms with Crippen LogP contribution >= 0.6 is 11.3 Å². The lowest BCUT2D eigenvalue weighted by atomic mass is 9.93. The normalized spacial score (nSPS) is 17.7. The summed E-state index contributed by atoms with van der Waals surface area (Å²) >= 11 is 1.27. The van der Waals surface area contributed by atoms with Gasteiger partial charge in [0.25, 0.3) is 5.91 Å². The molecule has 6 heteroatoms. The first-order valence-electron chi connectivity index (χ1n) is 6.21. The molecule has 1 saturated heterocycles. The van der Waals surface area contributed by atoms with Crippen molar-refractivity contribution in [3.05, 3.63) is 10.4 Å². The summed E-state index contributed by atoms with van der Waals surface area (Å²) in [7, 11) is 0. The number of hydrogen-bond donors (Lipinski definition) is 2. The Labute approximate surface area is 116 Å². The van der Waals surface area contributed by atoms with Gasteiger partial charge in [-0.15, -0.1) is 11.3 Å². The van der Waals surface area contributed by atoms with Crippen LogP contribution in [-0.4, -0.2) is 24.8 Å². The molecule has 2 rings (SSSR count). The van der Waals surface area contributed by atoms with Gasteiger partial charge in [-0.25, -0.2) is 0 Å². The van der Waals surface area contributed by atoms with E-state index in [-0.39, 0.29) is 16.9 Å². The minimum atomic E-state index is -0.569. The van der Waals surface area contributed by atoms with Crippen molar-refractivity contribution in [2.75, 3.05) is 23.7 Å². The van der Waals surface area contributed by atoms with E-state index in [1.807, 2.05) is 0 Å². The topological polar surface area (TPSA) is 89.4 Å². The largest absolute Gasteiger partial charge is 0.397 e. The van der Waals surface area contributed by atoms with Crippen LogP contribution in [0.3, 0.4) is 0 Å². The molecule has 0 aromatic carbocycles. The van der Waals surface area contributed by atoms with Crippen molar-refractivity contribution < 1.29 is 9.59 Å². The van der Waals surface area contributed by atoms with Gasteiger partial charge in [-0.3, -0.25) is 9.59 Å². The quantitative estimate of drug-likeness (QED) is 0.828. The summed E-state index contributed by atoms with van der Waals surface area (Å²) in [6.07, 6.45) is 1.04. The molecule has 0 saturated carbocycles. The number of carbonyl (C=O) groups is 2. The molecular weight excluding hydrogens is 262 g/mol. The highest BCUT2D eigenvalue weighted by Crippen LogP contribution is 2.42. The number of thiophene rings is 1. The average molecular weight is 281 g/mol. The molecule has 104 valence electrons. The van der Waals surface area contributed by atoms with Crippen LogP contribution in [0, 0.1) is 5.41 Å². The highest BCUT2D eigenvalue weighted by atomic mass is 32.1. The van der Waals surface area contributed by atoms with Gasteiger partial charge in [0.05, 0.1) is 16.1 Å². The average Bonchev–Trinajstić information content (AvgIpc) is 2.78. The number of primary amides is 1. The third-order valence-corrected chi connectivity index (χ3v) is 4.82. The zero-order chi connectivity index (χ0) is 14.4. The maximum atomic E-state index is 11.6. The van der Waals surface area contributed by atoms with Gasteiger partial charge in [-0.2, -0.15) is 0 Å². The zero-order valence-electron chi connectivity index (χ0n) is 11.4. The Kier molecular flexibility index (Phi) is 3.30. The number of Topliss-reactive ketones (excluding diaryl/α,β-unsaturated/α-hetero) is 1. The zero-order valence-corrected chi connectivity index (χ0v) is 12.3. The van der Waals surface area contributed by atoms with Crippen LogP contribution in [0.15, 0.2) is 0 Å². The predicted molar refractivity (Wildman–Crippen MR) is 77.9 cm³/mol. The van der Waals surface area contributed by atoms with Gasteiger partial charge in [0.15, 0.2) is 5.78 Å². The van der Waals surface area contributed by atoms with Crippen LogP contribution in [0.5, 0.6) is 0 Å². The fraction of sp³-hybridized carbons (Fsp3) is 0.538. The number of nitrogens with two attached hydrogens (primary N) is 2. The molecule has 0 aliphatic carbocycles. The highest BCUT2D eigenvalue weighted by Gasteiger charge is 2.34. The van der Waals surface area contributed by atoms with Crippen molar-refractivity contribution in [3.8, 4) is 0 Å². The number of ketones is 1. The molecule has 1 amide bonds. The number of amides is 1. The second-order valence-electron chi connectivity index (χ2n) is 5.78. The molecule has 0 bridgehead atoms. The first kappa shape index (κ1) is 13.9. The summed E-state index contributed by atoms with van der Waals surface area (Å²) in [4.78, 5) is 25.7. The molecule has 1 aromatic rings. The maximum Gasteiger partial charge on any atom is 0.253 e. The van der Waals surface area contributed by atoms with E-state index in [9.17, 15) is 9.59 Å². The maximum absolute atomic E-state index is 11.6. The molecule has 2 heterocycles. The Morgan fingerprint density at radius 3 is 2.42 bits per heavy atom. The Hall–Kier alpha value is -1.56. The van der Waals surface area contributed by atoms with Crippen LogP contribution in [0.1, 0.15) is 47.2 Å². The molecule has 1 aliphatic rings. The first-order chi connectivity index (χ1) is 8.73. The standard InChI is InChI=1S/C13H19N3O2S/c1-7(17)10-9(14)8(11(15)18)12(19-10)16-5-4-13(2,3)6-16/h4-6,14H2,1-3H3,(H2,15,18). The first-order valence-corrected chi connectivity index (χ1v) is 7.02. The summed E-state index contributed by atoms with van der Waals surface area (Å²) in [5, 5.41) is 0.737. The van der Waals surface area contributed by atoms with Crippen molar-refractivity contribution in [1.29, 1.82) is 0 Å². The molecule has 1 aliphatic heterocycles. The molecule has 4 N–H and O–H groups in total. The van der Waals surface area contributed by atoms with Gasteiger partial charge in [-0.1, -0.05) is 13.8 Å². The van der Waals surface area contributed by atoms with Crippen molar-refractivity contribution in [3.63, 3.8) is 0 Å². The van der Waals surface area contributed by atoms with Crippen LogP contribution in [0.2, 0.25) is 0 Å². The van der Waals surface area contributed by atoms with Crippen LogP contribution < -0.4 is 16.4 Å². The van der Waals surface area contributed by atoms with E-state index in [1.54, 1.807) is 0 Å². The lowest BCUT2D eigenvalue weighted by Gasteiger charge is -2.20. The molecule has 0 unspecified atom stereocenters. The van der Waals surface area contributed by atoms with Crippen molar-refractivity contribution in [2.24, 2.45) is 11.1 Å². The smallest absolute Gasteiger partial charge is 0.253 e. The Morgan fingerprint density at radius 2 is 2.00 bits per heavy atom. The van der Waals surface area contributed by atoms with E-state index in [0.717, 1.165) is 24.5 Å². The number of carbonyl (C=O) groups excluding carboxylic acids is 2. The van der Waals surface area contributed by atoms with Gasteiger partial charge in [0.2, 0.25) is 0 Å². The second kappa shape index (κ2) is 4.52. The van der Waals surface area contributed by atoms with Gasteiger partial charge in [0.1, 0.15) is 5.00 Å². The molecule has 19 heavy (non-hydrogen) atoms. The number of nitrogens with zero attached hydrogens (tertiary/aromatic N) is 1. The molecule has 0 spiro atoms. The SMILES string of the molecule is CC(=O)c1sc(N2CCC(C)(C)C2)c(C(N)=O)c1N. The monoisotopic (exact) mass is 281 g/mol. The van der Waals surface area contributed by atoms with Gasteiger partial charge >= 0.3 is 0 Å². The van der Waals surface area contributed by atoms with E-state index in [2.05, 4.69) is 18.7 Å². The number of anilines is 2. The molecule has 0 radical (unpaired) electrons. The van der Waals surface area contributed by atoms with Crippen molar-refractivity contribution >= 4 is 33.7 Å².